The Morgan fingerprint density at radius 3 is 2.74 bits per heavy atom. The molecule has 0 N–H and O–H groups in total. The van der Waals surface area contributed by atoms with Crippen LogP contribution in [0.4, 0.5) is 18.0 Å². The topological polar surface area (TPSA) is 113 Å². The van der Waals surface area contributed by atoms with Crippen molar-refractivity contribution in [3.63, 3.8) is 0 Å². The van der Waals surface area contributed by atoms with Crippen molar-refractivity contribution in [1.82, 2.24) is 9.58 Å². The molecule has 2 aromatic carbocycles. The quantitative estimate of drug-likeness (QED) is 0.236. The van der Waals surface area contributed by atoms with Gasteiger partial charge in [0.05, 0.1) is 38.2 Å². The first-order valence-electron chi connectivity index (χ1n) is 14.4. The van der Waals surface area contributed by atoms with Crippen LogP contribution in [0.1, 0.15) is 38.8 Å². The fourth-order valence-corrected chi connectivity index (χ4v) is 7.02. The van der Waals surface area contributed by atoms with Crippen molar-refractivity contribution in [2.24, 2.45) is 0 Å². The Hall–Kier alpha value is -5.24. The SMILES string of the molecule is COC(=O)OCOc1c2n(ccc1=O)N([C@@H]1c3ccccc3-c3occ4c3-c3c1ccc(F)c3C(F)(F)C4)[C@@H]1COCCN1C2=O. The number of benzene rings is 2. The van der Waals surface area contributed by atoms with Gasteiger partial charge < -0.3 is 28.3 Å². The lowest BCUT2D eigenvalue weighted by Crippen LogP contribution is -2.66. The number of carbonyl (C=O) groups excluding carboxylic acids is 2. The number of hydrogen-bond donors (Lipinski definition) is 0. The molecule has 1 amide bonds. The van der Waals surface area contributed by atoms with E-state index < -0.39 is 66.0 Å². The molecule has 4 aliphatic rings. The van der Waals surface area contributed by atoms with E-state index in [9.17, 15) is 14.4 Å². The molecule has 0 unspecified atom stereocenters. The zero-order chi connectivity index (χ0) is 31.9. The van der Waals surface area contributed by atoms with Crippen molar-refractivity contribution in [3.05, 3.63) is 98.9 Å². The second-order valence-electron chi connectivity index (χ2n) is 11.2. The van der Waals surface area contributed by atoms with Crippen LogP contribution in [0.2, 0.25) is 0 Å². The Morgan fingerprint density at radius 1 is 1.09 bits per heavy atom. The highest BCUT2D eigenvalue weighted by molar-refractivity contribution is 5.97. The molecule has 2 aliphatic heterocycles. The summed E-state index contributed by atoms with van der Waals surface area (Å²) in [6.45, 7) is -0.355. The van der Waals surface area contributed by atoms with Gasteiger partial charge in [0.15, 0.2) is 5.69 Å². The van der Waals surface area contributed by atoms with E-state index in [0.717, 1.165) is 13.2 Å². The number of furan rings is 1. The molecule has 4 heterocycles. The maximum absolute atomic E-state index is 15.8. The molecule has 4 aromatic rings. The van der Waals surface area contributed by atoms with Gasteiger partial charge in [-0.15, -0.1) is 0 Å². The van der Waals surface area contributed by atoms with Gasteiger partial charge in [-0.25, -0.2) is 18.0 Å². The van der Waals surface area contributed by atoms with Crippen LogP contribution in [0.15, 0.2) is 64.1 Å². The third kappa shape index (κ3) is 3.92. The minimum Gasteiger partial charge on any atom is -0.463 e. The molecule has 14 heteroatoms. The predicted octanol–water partition coefficient (Wildman–Crippen LogP) is 4.53. The standard InChI is InChI=1S/C32H24F3N3O8/c1-42-31(41)46-15-45-29-21(39)8-9-37-27(29)30(40)36-10-11-43-14-22(36)38(37)26-17-4-2-3-5-18(17)28-23-16(13-44-28)12-32(34,35)25-20(33)7-6-19(26)24(23)25/h2-9,13,22,26H,10-12,14-15H2,1H3/t22-,26-/m1/s1. The maximum atomic E-state index is 15.8. The summed E-state index contributed by atoms with van der Waals surface area (Å²) in [7, 11) is 1.10. The van der Waals surface area contributed by atoms with Crippen LogP contribution in [-0.2, 0) is 26.6 Å². The molecule has 1 fully saturated rings. The number of methoxy groups -OCH3 is 1. The monoisotopic (exact) mass is 635 g/mol. The molecular formula is C32H24F3N3O8. The van der Waals surface area contributed by atoms with Gasteiger partial charge in [-0.3, -0.25) is 19.3 Å². The van der Waals surface area contributed by atoms with E-state index in [-0.39, 0.29) is 36.6 Å². The van der Waals surface area contributed by atoms with Gasteiger partial charge >= 0.3 is 6.16 Å². The molecule has 236 valence electrons. The average molecular weight is 636 g/mol. The molecule has 46 heavy (non-hydrogen) atoms. The van der Waals surface area contributed by atoms with Crippen molar-refractivity contribution in [2.45, 2.75) is 24.6 Å². The molecule has 0 saturated carbocycles. The number of amides is 1. The van der Waals surface area contributed by atoms with E-state index in [1.165, 1.54) is 34.2 Å². The van der Waals surface area contributed by atoms with Crippen LogP contribution in [0.3, 0.4) is 0 Å². The number of rotatable bonds is 4. The highest BCUT2D eigenvalue weighted by atomic mass is 19.3. The fraction of sp³-hybridized carbons (Fsp3) is 0.281. The summed E-state index contributed by atoms with van der Waals surface area (Å²) in [5.41, 5.74) is 0.623. The van der Waals surface area contributed by atoms with Crippen LogP contribution in [0.5, 0.6) is 5.75 Å². The largest absolute Gasteiger partial charge is 0.510 e. The summed E-state index contributed by atoms with van der Waals surface area (Å²) < 4.78 is 75.1. The summed E-state index contributed by atoms with van der Waals surface area (Å²) in [6.07, 6.45) is 0.101. The van der Waals surface area contributed by atoms with Gasteiger partial charge in [0.25, 0.3) is 11.8 Å². The summed E-state index contributed by atoms with van der Waals surface area (Å²) >= 11 is 0. The number of pyridine rings is 1. The minimum absolute atomic E-state index is 0.0157. The molecule has 2 aliphatic carbocycles. The summed E-state index contributed by atoms with van der Waals surface area (Å²) in [6, 6.07) is 9.93. The molecule has 0 bridgehead atoms. The van der Waals surface area contributed by atoms with Gasteiger partial charge in [-0.2, -0.15) is 0 Å². The van der Waals surface area contributed by atoms with Gasteiger partial charge in [-0.1, -0.05) is 30.3 Å². The third-order valence-corrected chi connectivity index (χ3v) is 8.84. The summed E-state index contributed by atoms with van der Waals surface area (Å²) in [4.78, 5) is 40.2. The first-order valence-corrected chi connectivity index (χ1v) is 14.4. The van der Waals surface area contributed by atoms with Crippen LogP contribution in [0, 0.1) is 5.82 Å². The van der Waals surface area contributed by atoms with Crippen LogP contribution in [0.25, 0.3) is 22.5 Å². The van der Waals surface area contributed by atoms with E-state index >= 15 is 13.2 Å². The van der Waals surface area contributed by atoms with Gasteiger partial charge in [0, 0.05) is 47.5 Å². The van der Waals surface area contributed by atoms with Crippen molar-refractivity contribution < 1.29 is 46.1 Å². The number of morpholine rings is 1. The molecule has 1 saturated heterocycles. The molecular weight excluding hydrogens is 611 g/mol. The van der Waals surface area contributed by atoms with Gasteiger partial charge in [0.1, 0.15) is 17.7 Å². The van der Waals surface area contributed by atoms with Crippen molar-refractivity contribution in [2.75, 3.05) is 38.7 Å². The highest BCUT2D eigenvalue weighted by Crippen LogP contribution is 2.57. The van der Waals surface area contributed by atoms with Crippen LogP contribution < -0.4 is 15.2 Å². The van der Waals surface area contributed by atoms with Gasteiger partial charge in [0.2, 0.25) is 18.0 Å². The Bertz CT molecular complexity index is 2010. The van der Waals surface area contributed by atoms with E-state index in [1.54, 1.807) is 23.2 Å². The van der Waals surface area contributed by atoms with E-state index in [2.05, 4.69) is 4.74 Å². The van der Waals surface area contributed by atoms with E-state index in [0.29, 0.717) is 28.0 Å². The molecule has 8 rings (SSSR count). The number of hydrogen-bond acceptors (Lipinski definition) is 9. The molecule has 2 atom stereocenters. The predicted molar refractivity (Wildman–Crippen MR) is 153 cm³/mol. The third-order valence-electron chi connectivity index (χ3n) is 8.84. The smallest absolute Gasteiger partial charge is 0.463 e. The first kappa shape index (κ1) is 28.2. The van der Waals surface area contributed by atoms with Gasteiger partial charge in [-0.05, 0) is 17.2 Å². The number of carbonyl (C=O) groups is 2. The Labute approximate surface area is 258 Å². The maximum Gasteiger partial charge on any atom is 0.510 e. The zero-order valence-corrected chi connectivity index (χ0v) is 24.1. The van der Waals surface area contributed by atoms with Crippen molar-refractivity contribution >= 4 is 12.1 Å². The lowest BCUT2D eigenvalue weighted by atomic mass is 9.80. The fourth-order valence-electron chi connectivity index (χ4n) is 7.02. The number of fused-ring (bicyclic) bond motifs is 4. The lowest BCUT2D eigenvalue weighted by Gasteiger charge is -2.51. The molecule has 11 nitrogen and oxygen atoms in total. The second kappa shape index (κ2) is 10.1. The number of alkyl halides is 2. The number of ether oxygens (including phenoxy) is 4. The Kier molecular flexibility index (Phi) is 6.23. The molecule has 0 spiro atoms. The summed E-state index contributed by atoms with van der Waals surface area (Å²) in [5.74, 6) is -5.21. The number of aromatic nitrogens is 1. The Balaban J connectivity index is 1.41. The number of nitrogens with zero attached hydrogens (tertiary/aromatic N) is 3. The highest BCUT2D eigenvalue weighted by Gasteiger charge is 2.51. The molecule has 2 aromatic heterocycles. The van der Waals surface area contributed by atoms with E-state index in [1.807, 2.05) is 6.07 Å². The number of halogens is 3. The first-order chi connectivity index (χ1) is 22.2. The van der Waals surface area contributed by atoms with E-state index in [4.69, 9.17) is 18.6 Å². The summed E-state index contributed by atoms with van der Waals surface area (Å²) in [5, 5.41) is 1.74. The normalized spacial score (nSPS) is 20.1. The van der Waals surface area contributed by atoms with Crippen molar-refractivity contribution in [3.8, 4) is 28.2 Å². The minimum atomic E-state index is -3.54. The molecule has 0 radical (unpaired) electrons. The Morgan fingerprint density at radius 2 is 1.91 bits per heavy atom. The zero-order valence-electron chi connectivity index (χ0n) is 24.1. The second-order valence-corrected chi connectivity index (χ2v) is 11.2. The van der Waals surface area contributed by atoms with Crippen LogP contribution in [-0.4, -0.2) is 61.5 Å². The van der Waals surface area contributed by atoms with Crippen molar-refractivity contribution in [1.29, 1.82) is 0 Å². The van der Waals surface area contributed by atoms with Crippen LogP contribution >= 0.6 is 0 Å². The lowest BCUT2D eigenvalue weighted by molar-refractivity contribution is -0.0208. The average Bonchev–Trinajstić information content (AvgIpc) is 3.41.